The molecule has 2 heterocycles. The molecule has 2 saturated heterocycles. The van der Waals surface area contributed by atoms with Crippen LogP contribution in [0.4, 0.5) is 0 Å². The van der Waals surface area contributed by atoms with Gasteiger partial charge in [-0.05, 0) is 51.0 Å². The van der Waals surface area contributed by atoms with Crippen molar-refractivity contribution in [1.82, 2.24) is 5.32 Å². The molecule has 0 unspecified atom stereocenters. The highest BCUT2D eigenvalue weighted by atomic mass is 16.5. The molecule has 0 aliphatic carbocycles. The zero-order valence-corrected chi connectivity index (χ0v) is 16.5. The summed E-state index contributed by atoms with van der Waals surface area (Å²) in [6.45, 7) is 8.53. The van der Waals surface area contributed by atoms with Gasteiger partial charge in [0.1, 0.15) is 0 Å². The van der Waals surface area contributed by atoms with Crippen molar-refractivity contribution in [3.8, 4) is 0 Å². The Bertz CT molecular complexity index is 632. The van der Waals surface area contributed by atoms with E-state index in [1.165, 1.54) is 5.56 Å². The van der Waals surface area contributed by atoms with Crippen LogP contribution in [0.3, 0.4) is 0 Å². The van der Waals surface area contributed by atoms with E-state index < -0.39 is 11.7 Å². The van der Waals surface area contributed by atoms with Crippen molar-refractivity contribution in [2.45, 2.75) is 76.6 Å². The van der Waals surface area contributed by atoms with Crippen LogP contribution < -0.4 is 5.32 Å². The van der Waals surface area contributed by atoms with Crippen molar-refractivity contribution in [2.75, 3.05) is 6.54 Å². The summed E-state index contributed by atoms with van der Waals surface area (Å²) in [5.74, 6) is 0.422. The van der Waals surface area contributed by atoms with Crippen LogP contribution in [-0.2, 0) is 9.53 Å². The number of rotatable bonds is 4. The van der Waals surface area contributed by atoms with E-state index >= 15 is 0 Å². The van der Waals surface area contributed by atoms with E-state index in [1.54, 1.807) is 0 Å². The molecule has 1 amide bonds. The fourth-order valence-electron chi connectivity index (χ4n) is 4.82. The number of amides is 1. The number of fused-ring (bicyclic) bond motifs is 2. The molecule has 5 atom stereocenters. The molecule has 0 radical (unpaired) electrons. The molecule has 4 nitrogen and oxygen atoms in total. The third kappa shape index (κ3) is 3.96. The quantitative estimate of drug-likeness (QED) is 0.863. The molecule has 3 rings (SSSR count). The number of ether oxygens (including phenoxy) is 1. The van der Waals surface area contributed by atoms with Crippen molar-refractivity contribution >= 4 is 5.91 Å². The zero-order chi connectivity index (χ0) is 18.9. The summed E-state index contributed by atoms with van der Waals surface area (Å²) in [5, 5.41) is 14.2. The minimum absolute atomic E-state index is 0.0269. The monoisotopic (exact) mass is 359 g/mol. The van der Waals surface area contributed by atoms with Crippen LogP contribution in [0.25, 0.3) is 0 Å². The molecular formula is C22H33NO3. The first-order valence-electron chi connectivity index (χ1n) is 9.93. The van der Waals surface area contributed by atoms with Gasteiger partial charge in [-0.25, -0.2) is 0 Å². The molecule has 0 saturated carbocycles. The molecular weight excluding hydrogens is 326 g/mol. The van der Waals surface area contributed by atoms with E-state index in [4.69, 9.17) is 4.74 Å². The molecule has 2 N–H and O–H groups in total. The summed E-state index contributed by atoms with van der Waals surface area (Å²) in [5.41, 5.74) is 0.509. The zero-order valence-electron chi connectivity index (χ0n) is 16.5. The average molecular weight is 360 g/mol. The molecule has 26 heavy (non-hydrogen) atoms. The highest BCUT2D eigenvalue weighted by Crippen LogP contribution is 2.50. The predicted molar refractivity (Wildman–Crippen MR) is 103 cm³/mol. The van der Waals surface area contributed by atoms with Gasteiger partial charge in [-0.1, -0.05) is 44.2 Å². The van der Waals surface area contributed by atoms with Gasteiger partial charge in [0, 0.05) is 18.4 Å². The van der Waals surface area contributed by atoms with Crippen molar-refractivity contribution < 1.29 is 14.6 Å². The number of carbonyl (C=O) groups is 1. The fourth-order valence-corrected chi connectivity index (χ4v) is 4.82. The molecule has 0 spiro atoms. The summed E-state index contributed by atoms with van der Waals surface area (Å²) >= 11 is 0. The average Bonchev–Trinajstić information content (AvgIpc) is 2.66. The van der Waals surface area contributed by atoms with Crippen molar-refractivity contribution in [2.24, 2.45) is 11.8 Å². The van der Waals surface area contributed by atoms with Gasteiger partial charge >= 0.3 is 0 Å². The van der Waals surface area contributed by atoms with Crippen LogP contribution in [0.1, 0.15) is 64.9 Å². The van der Waals surface area contributed by atoms with E-state index in [1.807, 2.05) is 26.8 Å². The lowest BCUT2D eigenvalue weighted by atomic mass is 9.74. The second-order valence-electron chi connectivity index (χ2n) is 9.02. The lowest BCUT2D eigenvalue weighted by Crippen LogP contribution is -2.54. The molecule has 0 aromatic heterocycles. The number of aliphatic hydroxyl groups is 1. The number of aliphatic hydroxyl groups excluding tert-OH is 1. The van der Waals surface area contributed by atoms with Gasteiger partial charge in [0.05, 0.1) is 17.3 Å². The van der Waals surface area contributed by atoms with Gasteiger partial charge in [0.2, 0.25) is 5.91 Å². The third-order valence-electron chi connectivity index (χ3n) is 6.26. The maximum absolute atomic E-state index is 12.0. The smallest absolute Gasteiger partial charge is 0.222 e. The van der Waals surface area contributed by atoms with E-state index in [9.17, 15) is 9.90 Å². The van der Waals surface area contributed by atoms with Crippen LogP contribution in [0.15, 0.2) is 30.3 Å². The van der Waals surface area contributed by atoms with Gasteiger partial charge in [-0.2, -0.15) is 0 Å². The maximum Gasteiger partial charge on any atom is 0.222 e. The van der Waals surface area contributed by atoms with E-state index in [-0.39, 0.29) is 23.3 Å². The van der Waals surface area contributed by atoms with Crippen molar-refractivity contribution in [3.63, 3.8) is 0 Å². The topological polar surface area (TPSA) is 58.6 Å². The normalized spacial score (nSPS) is 37.2. The Hall–Kier alpha value is -1.39. The number of hydrogen-bond acceptors (Lipinski definition) is 3. The van der Waals surface area contributed by atoms with Crippen molar-refractivity contribution in [1.29, 1.82) is 0 Å². The van der Waals surface area contributed by atoms with Gasteiger partial charge in [-0.15, -0.1) is 0 Å². The molecule has 2 aliphatic rings. The fraction of sp³-hybridized carbons (Fsp3) is 0.682. The van der Waals surface area contributed by atoms with Crippen LogP contribution in [0.5, 0.6) is 0 Å². The summed E-state index contributed by atoms with van der Waals surface area (Å²) < 4.78 is 6.51. The summed E-state index contributed by atoms with van der Waals surface area (Å²) in [6, 6.07) is 10.6. The lowest BCUT2D eigenvalue weighted by molar-refractivity contribution is -0.215. The molecule has 2 aliphatic heterocycles. The van der Waals surface area contributed by atoms with Gasteiger partial charge in [0.15, 0.2) is 0 Å². The number of benzene rings is 1. The Balaban J connectivity index is 1.79. The first-order chi connectivity index (χ1) is 12.2. The van der Waals surface area contributed by atoms with Crippen LogP contribution in [0.2, 0.25) is 0 Å². The SMILES string of the molecule is CC(C)C(=O)NC[C@@H]1CC[C@@]2(C)C[C@H](c3ccccc3)C[C@](C)(O2)[C@H]1O. The van der Waals surface area contributed by atoms with Gasteiger partial charge < -0.3 is 15.2 Å². The molecule has 4 heteroatoms. The molecule has 144 valence electrons. The maximum atomic E-state index is 12.0. The lowest BCUT2D eigenvalue weighted by Gasteiger charge is -2.49. The number of hydrogen-bond donors (Lipinski definition) is 2. The summed E-state index contributed by atoms with van der Waals surface area (Å²) in [6.07, 6.45) is 2.98. The summed E-state index contributed by atoms with van der Waals surface area (Å²) in [4.78, 5) is 12.0. The van der Waals surface area contributed by atoms with Gasteiger partial charge in [0.25, 0.3) is 0 Å². The number of nitrogens with one attached hydrogen (secondary N) is 1. The van der Waals surface area contributed by atoms with Crippen LogP contribution in [-0.4, -0.2) is 34.9 Å². The Kier molecular flexibility index (Phi) is 5.45. The number of carbonyl (C=O) groups excluding carboxylic acids is 1. The molecule has 2 fully saturated rings. The Morgan fingerprint density at radius 3 is 2.62 bits per heavy atom. The van der Waals surface area contributed by atoms with Crippen LogP contribution in [0, 0.1) is 11.8 Å². The largest absolute Gasteiger partial charge is 0.390 e. The predicted octanol–water partition coefficient (Wildman–Crippen LogP) is 3.64. The molecule has 1 aromatic rings. The first-order valence-corrected chi connectivity index (χ1v) is 9.93. The second-order valence-corrected chi connectivity index (χ2v) is 9.02. The Labute approximate surface area is 157 Å². The standard InChI is InChI=1S/C22H33NO3/c1-15(2)20(25)23-14-17-10-11-21(3)12-18(16-8-6-5-7-9-16)13-22(4,26-21)19(17)24/h5-9,15,17-19,24H,10-14H2,1-4H3,(H,23,25)/t17-,18-,19-,21-,22-/m0/s1. The van der Waals surface area contributed by atoms with E-state index in [0.29, 0.717) is 12.5 Å². The second kappa shape index (κ2) is 7.32. The Morgan fingerprint density at radius 1 is 1.27 bits per heavy atom. The molecule has 1 aromatic carbocycles. The van der Waals surface area contributed by atoms with E-state index in [0.717, 1.165) is 25.7 Å². The van der Waals surface area contributed by atoms with Crippen molar-refractivity contribution in [3.05, 3.63) is 35.9 Å². The highest BCUT2D eigenvalue weighted by molar-refractivity contribution is 5.77. The van der Waals surface area contributed by atoms with Crippen LogP contribution >= 0.6 is 0 Å². The summed E-state index contributed by atoms with van der Waals surface area (Å²) in [7, 11) is 0. The first kappa shape index (κ1) is 19.4. The van der Waals surface area contributed by atoms with Gasteiger partial charge in [-0.3, -0.25) is 4.79 Å². The minimum Gasteiger partial charge on any atom is -0.390 e. The minimum atomic E-state index is -0.586. The Morgan fingerprint density at radius 2 is 1.96 bits per heavy atom. The third-order valence-corrected chi connectivity index (χ3v) is 6.26. The highest BCUT2D eigenvalue weighted by Gasteiger charge is 2.52. The molecule has 2 bridgehead atoms. The van der Waals surface area contributed by atoms with E-state index in [2.05, 4.69) is 36.5 Å².